The van der Waals surface area contributed by atoms with Crippen molar-refractivity contribution in [1.29, 1.82) is 0 Å². The van der Waals surface area contributed by atoms with Gasteiger partial charge < -0.3 is 12.4 Å². The fraction of sp³-hybridized carbons (Fsp3) is 0.0526. The molecule has 4 aromatic rings. The Bertz CT molecular complexity index is 1110. The number of carbonyl (C=O) groups excluding carboxylic acids is 1. The molecule has 5 nitrogen and oxygen atoms in total. The Labute approximate surface area is 159 Å². The van der Waals surface area contributed by atoms with E-state index in [0.29, 0.717) is 28.3 Å². The predicted molar refractivity (Wildman–Crippen MR) is 95.0 cm³/mol. The van der Waals surface area contributed by atoms with Crippen LogP contribution in [0.15, 0.2) is 77.3 Å². The number of benzene rings is 1. The van der Waals surface area contributed by atoms with Crippen molar-refractivity contribution >= 4 is 22.1 Å². The van der Waals surface area contributed by atoms with Crippen molar-refractivity contribution in [3.05, 3.63) is 99.7 Å². The zero-order chi connectivity index (χ0) is 17.2. The van der Waals surface area contributed by atoms with E-state index < -0.39 is 0 Å². The normalized spacial score (nSPS) is 10.5. The van der Waals surface area contributed by atoms with Crippen molar-refractivity contribution < 1.29 is 21.8 Å². The molecule has 0 aliphatic carbocycles. The SMILES string of the molecule is O=C(c1ccccc1)c1cc[n+](Cc2cc(=O)n3ccsc3n2)cc1.[Cl-]. The van der Waals surface area contributed by atoms with E-state index in [0.717, 1.165) is 0 Å². The molecule has 0 aliphatic heterocycles. The van der Waals surface area contributed by atoms with Crippen LogP contribution in [0.5, 0.6) is 0 Å². The third kappa shape index (κ3) is 3.56. The first-order valence-corrected chi connectivity index (χ1v) is 8.63. The van der Waals surface area contributed by atoms with Gasteiger partial charge in [-0.05, 0) is 0 Å². The largest absolute Gasteiger partial charge is 1.00 e. The van der Waals surface area contributed by atoms with E-state index in [4.69, 9.17) is 0 Å². The zero-order valence-corrected chi connectivity index (χ0v) is 15.2. The minimum Gasteiger partial charge on any atom is -1.00 e. The summed E-state index contributed by atoms with van der Waals surface area (Å²) in [4.78, 5) is 29.6. The molecule has 4 rings (SSSR count). The highest BCUT2D eigenvalue weighted by molar-refractivity contribution is 7.15. The van der Waals surface area contributed by atoms with Crippen LogP contribution < -0.4 is 22.5 Å². The maximum Gasteiger partial charge on any atom is 0.258 e. The highest BCUT2D eigenvalue weighted by Crippen LogP contribution is 2.09. The van der Waals surface area contributed by atoms with Crippen molar-refractivity contribution in [2.24, 2.45) is 0 Å². The van der Waals surface area contributed by atoms with E-state index in [2.05, 4.69) is 4.98 Å². The van der Waals surface area contributed by atoms with Crippen molar-refractivity contribution in [1.82, 2.24) is 9.38 Å². The second kappa shape index (κ2) is 7.59. The number of thiazole rings is 1. The average molecular weight is 384 g/mol. The van der Waals surface area contributed by atoms with Crippen molar-refractivity contribution in [2.45, 2.75) is 6.54 Å². The zero-order valence-electron chi connectivity index (χ0n) is 13.6. The van der Waals surface area contributed by atoms with Gasteiger partial charge in [-0.3, -0.25) is 14.0 Å². The number of halogens is 1. The molecule has 0 aliphatic rings. The molecule has 3 aromatic heterocycles. The first-order valence-electron chi connectivity index (χ1n) is 7.75. The lowest BCUT2D eigenvalue weighted by Gasteiger charge is -2.01. The van der Waals surface area contributed by atoms with Crippen LogP contribution in [0.25, 0.3) is 4.96 Å². The molecular formula is C19H14ClN3O2S. The van der Waals surface area contributed by atoms with Gasteiger partial charge in [0.25, 0.3) is 5.56 Å². The van der Waals surface area contributed by atoms with Crippen LogP contribution in [-0.4, -0.2) is 15.2 Å². The van der Waals surface area contributed by atoms with Gasteiger partial charge in [0.05, 0.1) is 0 Å². The van der Waals surface area contributed by atoms with Gasteiger partial charge >= 0.3 is 0 Å². The summed E-state index contributed by atoms with van der Waals surface area (Å²) in [5.41, 5.74) is 1.90. The van der Waals surface area contributed by atoms with Gasteiger partial charge in [0, 0.05) is 40.9 Å². The van der Waals surface area contributed by atoms with Crippen LogP contribution in [-0.2, 0) is 6.54 Å². The lowest BCUT2D eigenvalue weighted by atomic mass is 10.0. The predicted octanol–water partition coefficient (Wildman–Crippen LogP) is -0.673. The van der Waals surface area contributed by atoms with E-state index in [1.165, 1.54) is 21.8 Å². The van der Waals surface area contributed by atoms with Gasteiger partial charge in [-0.25, -0.2) is 4.98 Å². The average Bonchev–Trinajstić information content (AvgIpc) is 3.12. The molecule has 0 spiro atoms. The molecule has 0 N–H and O–H groups in total. The van der Waals surface area contributed by atoms with E-state index in [9.17, 15) is 9.59 Å². The molecule has 0 atom stereocenters. The Morgan fingerprint density at radius 2 is 1.77 bits per heavy atom. The maximum absolute atomic E-state index is 12.4. The summed E-state index contributed by atoms with van der Waals surface area (Å²) < 4.78 is 3.42. The third-order valence-corrected chi connectivity index (χ3v) is 4.65. The second-order valence-electron chi connectivity index (χ2n) is 5.60. The standard InChI is InChI=1S/C19H14N3O2S.ClH/c23-17-12-16(20-19-22(17)10-11-25-19)13-21-8-6-15(7-9-21)18(24)14-4-2-1-3-5-14;/h1-12H,13H2;1H/q+1;/p-1. The number of nitrogens with zero attached hydrogens (tertiary/aromatic N) is 3. The van der Waals surface area contributed by atoms with Gasteiger partial charge in [-0.2, -0.15) is 4.57 Å². The quantitative estimate of drug-likeness (QED) is 0.347. The number of hydrogen-bond donors (Lipinski definition) is 0. The number of rotatable bonds is 4. The van der Waals surface area contributed by atoms with Gasteiger partial charge in [0.15, 0.2) is 29.7 Å². The Balaban J connectivity index is 0.00000196. The van der Waals surface area contributed by atoms with Crippen molar-refractivity contribution in [3.8, 4) is 0 Å². The van der Waals surface area contributed by atoms with Crippen molar-refractivity contribution in [2.75, 3.05) is 0 Å². The molecule has 7 heteroatoms. The molecule has 0 unspecified atom stereocenters. The van der Waals surface area contributed by atoms with Crippen molar-refractivity contribution in [3.63, 3.8) is 0 Å². The van der Waals surface area contributed by atoms with Crippen LogP contribution in [0.2, 0.25) is 0 Å². The fourth-order valence-electron chi connectivity index (χ4n) is 2.63. The first-order chi connectivity index (χ1) is 12.2. The summed E-state index contributed by atoms with van der Waals surface area (Å²) in [6.07, 6.45) is 5.37. The molecule has 1 aromatic carbocycles. The number of fused-ring (bicyclic) bond motifs is 1. The number of pyridine rings is 1. The third-order valence-electron chi connectivity index (χ3n) is 3.89. The Morgan fingerprint density at radius 3 is 2.50 bits per heavy atom. The van der Waals surface area contributed by atoms with E-state index in [1.54, 1.807) is 30.5 Å². The van der Waals surface area contributed by atoms with Gasteiger partial charge in [-0.15, -0.1) is 11.3 Å². The van der Waals surface area contributed by atoms with Gasteiger partial charge in [-0.1, -0.05) is 30.3 Å². The molecule has 0 radical (unpaired) electrons. The topological polar surface area (TPSA) is 55.3 Å². The minimum absolute atomic E-state index is 0. The second-order valence-corrected chi connectivity index (χ2v) is 6.47. The van der Waals surface area contributed by atoms with Gasteiger partial charge in [0.1, 0.15) is 5.69 Å². The number of aromatic nitrogens is 3. The lowest BCUT2D eigenvalue weighted by molar-refractivity contribution is -0.688. The summed E-state index contributed by atoms with van der Waals surface area (Å²) in [7, 11) is 0. The smallest absolute Gasteiger partial charge is 0.258 e. The fourth-order valence-corrected chi connectivity index (χ4v) is 3.36. The minimum atomic E-state index is -0.0854. The number of hydrogen-bond acceptors (Lipinski definition) is 4. The molecule has 26 heavy (non-hydrogen) atoms. The number of ketones is 1. The van der Waals surface area contributed by atoms with Crippen LogP contribution >= 0.6 is 11.3 Å². The first kappa shape index (κ1) is 18.0. The Morgan fingerprint density at radius 1 is 1.08 bits per heavy atom. The monoisotopic (exact) mass is 383 g/mol. The lowest BCUT2D eigenvalue weighted by Crippen LogP contribution is -3.00. The Hall–Kier alpha value is -2.83. The summed E-state index contributed by atoms with van der Waals surface area (Å²) in [6.45, 7) is 0.476. The molecule has 0 saturated heterocycles. The molecular weight excluding hydrogens is 370 g/mol. The Kier molecular flexibility index (Phi) is 5.25. The summed E-state index contributed by atoms with van der Waals surface area (Å²) in [6, 6.07) is 14.3. The highest BCUT2D eigenvalue weighted by Gasteiger charge is 2.12. The maximum atomic E-state index is 12.4. The van der Waals surface area contributed by atoms with E-state index in [1.807, 2.05) is 40.5 Å². The van der Waals surface area contributed by atoms with Crippen LogP contribution in [0.4, 0.5) is 0 Å². The summed E-state index contributed by atoms with van der Waals surface area (Å²) in [5.74, 6) is -0.0101. The summed E-state index contributed by atoms with van der Waals surface area (Å²) >= 11 is 1.43. The summed E-state index contributed by atoms with van der Waals surface area (Å²) in [5, 5.41) is 1.84. The molecule has 0 bridgehead atoms. The van der Waals surface area contributed by atoms with E-state index in [-0.39, 0.29) is 23.7 Å². The molecule has 0 fully saturated rings. The molecule has 3 heterocycles. The van der Waals surface area contributed by atoms with Gasteiger partial charge in [0.2, 0.25) is 0 Å². The molecule has 0 amide bonds. The van der Waals surface area contributed by atoms with E-state index >= 15 is 0 Å². The van der Waals surface area contributed by atoms with Crippen LogP contribution in [0.3, 0.4) is 0 Å². The van der Waals surface area contributed by atoms with Crippen LogP contribution in [0.1, 0.15) is 21.6 Å². The highest BCUT2D eigenvalue weighted by atomic mass is 35.5. The molecule has 130 valence electrons. The molecule has 0 saturated carbocycles. The van der Waals surface area contributed by atoms with Crippen LogP contribution in [0, 0.1) is 0 Å². The number of carbonyl (C=O) groups is 1.